The Bertz CT molecular complexity index is 1330. The van der Waals surface area contributed by atoms with Crippen LogP contribution in [0.4, 0.5) is 5.69 Å². The second kappa shape index (κ2) is 10.6. The van der Waals surface area contributed by atoms with Crippen molar-refractivity contribution in [2.75, 3.05) is 25.5 Å². The summed E-state index contributed by atoms with van der Waals surface area (Å²) in [5.41, 5.74) is 5.94. The molecule has 0 unspecified atom stereocenters. The zero-order valence-corrected chi connectivity index (χ0v) is 21.4. The molecule has 0 radical (unpaired) electrons. The van der Waals surface area contributed by atoms with Crippen molar-refractivity contribution in [3.63, 3.8) is 0 Å². The van der Waals surface area contributed by atoms with Crippen LogP contribution in [0.5, 0.6) is 5.75 Å². The number of amides is 1. The molecule has 0 spiro atoms. The van der Waals surface area contributed by atoms with Crippen molar-refractivity contribution in [2.45, 2.75) is 39.2 Å². The fourth-order valence-electron chi connectivity index (χ4n) is 5.10. The molecule has 1 aliphatic heterocycles. The summed E-state index contributed by atoms with van der Waals surface area (Å²) in [5.74, 6) is 1.46. The summed E-state index contributed by atoms with van der Waals surface area (Å²) in [4.78, 5) is 14.6. The maximum absolute atomic E-state index is 12.1. The number of benzene rings is 3. The Kier molecular flexibility index (Phi) is 7.10. The van der Waals surface area contributed by atoms with Gasteiger partial charge >= 0.3 is 0 Å². The molecule has 0 atom stereocenters. The molecule has 0 bridgehead atoms. The Hall–Kier alpha value is -3.57. The summed E-state index contributed by atoms with van der Waals surface area (Å²) in [7, 11) is 1.69. The number of nitrogens with one attached hydrogen (secondary N) is 1. The highest BCUT2D eigenvalue weighted by Gasteiger charge is 2.21. The lowest BCUT2D eigenvalue weighted by Gasteiger charge is -2.32. The van der Waals surface area contributed by atoms with E-state index in [1.807, 2.05) is 32.0 Å². The summed E-state index contributed by atoms with van der Waals surface area (Å²) in [6.07, 6.45) is 4.41. The van der Waals surface area contributed by atoms with Gasteiger partial charge in [0.1, 0.15) is 5.75 Å². The molecule has 5 heteroatoms. The SMILES string of the molecule is COc1ccc(-n2ccc3cc(CN4CCC(c5cccc(NC(=O)C(C)C)c5)CC4)ccc32)cc1. The van der Waals surface area contributed by atoms with Crippen LogP contribution in [-0.4, -0.2) is 35.6 Å². The molecule has 5 rings (SSSR count). The van der Waals surface area contributed by atoms with Crippen LogP contribution in [-0.2, 0) is 11.3 Å². The predicted molar refractivity (Wildman–Crippen MR) is 147 cm³/mol. The average molecular weight is 482 g/mol. The number of ether oxygens (including phenoxy) is 1. The van der Waals surface area contributed by atoms with Crippen molar-refractivity contribution in [3.8, 4) is 11.4 Å². The molecule has 2 heterocycles. The Morgan fingerprint density at radius 1 is 1.00 bits per heavy atom. The van der Waals surface area contributed by atoms with Crippen LogP contribution in [0.25, 0.3) is 16.6 Å². The van der Waals surface area contributed by atoms with Crippen LogP contribution >= 0.6 is 0 Å². The highest BCUT2D eigenvalue weighted by molar-refractivity contribution is 5.92. The minimum Gasteiger partial charge on any atom is -0.497 e. The largest absolute Gasteiger partial charge is 0.497 e. The Balaban J connectivity index is 1.21. The van der Waals surface area contributed by atoms with Gasteiger partial charge in [-0.25, -0.2) is 0 Å². The number of piperidine rings is 1. The van der Waals surface area contributed by atoms with E-state index >= 15 is 0 Å². The minimum atomic E-state index is -0.0166. The summed E-state index contributed by atoms with van der Waals surface area (Å²) in [6, 6.07) is 25.6. The Morgan fingerprint density at radius 3 is 2.50 bits per heavy atom. The number of likely N-dealkylation sites (tertiary alicyclic amines) is 1. The maximum atomic E-state index is 12.1. The number of hydrogen-bond donors (Lipinski definition) is 1. The number of carbonyl (C=O) groups is 1. The van der Waals surface area contributed by atoms with Crippen LogP contribution in [0.3, 0.4) is 0 Å². The topological polar surface area (TPSA) is 46.5 Å². The van der Waals surface area contributed by atoms with Gasteiger partial charge in [0.15, 0.2) is 0 Å². The number of carbonyl (C=O) groups excluding carboxylic acids is 1. The third-order valence-corrected chi connectivity index (χ3v) is 7.25. The molecule has 3 aromatic carbocycles. The van der Waals surface area contributed by atoms with Gasteiger partial charge in [-0.2, -0.15) is 0 Å². The smallest absolute Gasteiger partial charge is 0.226 e. The first-order valence-electron chi connectivity index (χ1n) is 12.9. The summed E-state index contributed by atoms with van der Waals surface area (Å²) >= 11 is 0. The van der Waals surface area contributed by atoms with Crippen LogP contribution in [0.15, 0.2) is 79.0 Å². The molecule has 0 aliphatic carbocycles. The fourth-order valence-corrected chi connectivity index (χ4v) is 5.10. The van der Waals surface area contributed by atoms with Gasteiger partial charge in [-0.1, -0.05) is 32.0 Å². The van der Waals surface area contributed by atoms with Crippen molar-refractivity contribution in [1.82, 2.24) is 9.47 Å². The molecule has 1 aromatic heterocycles. The molecule has 36 heavy (non-hydrogen) atoms. The third kappa shape index (κ3) is 5.31. The van der Waals surface area contributed by atoms with E-state index in [1.165, 1.54) is 22.0 Å². The lowest BCUT2D eigenvalue weighted by Crippen LogP contribution is -2.32. The second-order valence-electron chi connectivity index (χ2n) is 10.1. The van der Waals surface area contributed by atoms with E-state index in [4.69, 9.17) is 4.74 Å². The number of nitrogens with zero attached hydrogens (tertiary/aromatic N) is 2. The first-order valence-corrected chi connectivity index (χ1v) is 12.9. The van der Waals surface area contributed by atoms with Gasteiger partial charge < -0.3 is 14.6 Å². The Morgan fingerprint density at radius 2 is 1.78 bits per heavy atom. The fraction of sp³-hybridized carbons (Fsp3) is 0.323. The molecule has 1 N–H and O–H groups in total. The maximum Gasteiger partial charge on any atom is 0.226 e. The number of aromatic nitrogens is 1. The zero-order valence-electron chi connectivity index (χ0n) is 21.4. The predicted octanol–water partition coefficient (Wildman–Crippen LogP) is 6.61. The van der Waals surface area contributed by atoms with Gasteiger partial charge in [-0.15, -0.1) is 0 Å². The molecule has 4 aromatic rings. The van der Waals surface area contributed by atoms with Crippen molar-refractivity contribution < 1.29 is 9.53 Å². The zero-order chi connectivity index (χ0) is 25.1. The molecular weight excluding hydrogens is 446 g/mol. The van der Waals surface area contributed by atoms with Gasteiger partial charge in [0.05, 0.1) is 12.6 Å². The second-order valence-corrected chi connectivity index (χ2v) is 10.1. The molecule has 5 nitrogen and oxygen atoms in total. The van der Waals surface area contributed by atoms with Gasteiger partial charge in [0.25, 0.3) is 0 Å². The van der Waals surface area contributed by atoms with Gasteiger partial charge in [0.2, 0.25) is 5.91 Å². The summed E-state index contributed by atoms with van der Waals surface area (Å²) in [6.45, 7) is 6.98. The van der Waals surface area contributed by atoms with Gasteiger partial charge in [-0.05, 0) is 97.6 Å². The number of anilines is 1. The monoisotopic (exact) mass is 481 g/mol. The normalized spacial score (nSPS) is 14.9. The summed E-state index contributed by atoms with van der Waals surface area (Å²) in [5, 5.41) is 4.30. The minimum absolute atomic E-state index is 0.0166. The quantitative estimate of drug-likeness (QED) is 0.323. The number of fused-ring (bicyclic) bond motifs is 1. The van der Waals surface area contributed by atoms with Crippen LogP contribution in [0.2, 0.25) is 0 Å². The van der Waals surface area contributed by atoms with Crippen molar-refractivity contribution in [3.05, 3.63) is 90.1 Å². The van der Waals surface area contributed by atoms with E-state index < -0.39 is 0 Å². The van der Waals surface area contributed by atoms with Crippen LogP contribution in [0, 0.1) is 5.92 Å². The van der Waals surface area contributed by atoms with Gasteiger partial charge in [-0.3, -0.25) is 9.69 Å². The molecule has 1 amide bonds. The van der Waals surface area contributed by atoms with Crippen molar-refractivity contribution in [2.24, 2.45) is 5.92 Å². The third-order valence-electron chi connectivity index (χ3n) is 7.25. The van der Waals surface area contributed by atoms with Crippen LogP contribution in [0.1, 0.15) is 43.7 Å². The Labute approximate surface area is 213 Å². The van der Waals surface area contributed by atoms with Gasteiger partial charge in [0, 0.05) is 35.4 Å². The molecule has 186 valence electrons. The van der Waals surface area contributed by atoms with Crippen molar-refractivity contribution in [1.29, 1.82) is 0 Å². The van der Waals surface area contributed by atoms with Crippen LogP contribution < -0.4 is 10.1 Å². The standard InChI is InChI=1S/C31H35N3O2/c1-22(2)31(35)32-27-6-4-5-25(20-27)24-13-16-33(17-14-24)21-23-7-12-30-26(19-23)15-18-34(30)28-8-10-29(36-3)11-9-28/h4-12,15,18-20,22,24H,13-14,16-17,21H2,1-3H3,(H,32,35). The van der Waals surface area contributed by atoms with E-state index in [0.29, 0.717) is 5.92 Å². The van der Waals surface area contributed by atoms with E-state index in [-0.39, 0.29) is 11.8 Å². The molecular formula is C31H35N3O2. The van der Waals surface area contributed by atoms with E-state index in [9.17, 15) is 4.79 Å². The van der Waals surface area contributed by atoms with E-state index in [0.717, 1.165) is 49.6 Å². The number of hydrogen-bond acceptors (Lipinski definition) is 3. The van der Waals surface area contributed by atoms with E-state index in [2.05, 4.69) is 75.6 Å². The molecule has 1 fully saturated rings. The van der Waals surface area contributed by atoms with Crippen molar-refractivity contribution >= 4 is 22.5 Å². The molecule has 1 saturated heterocycles. The lowest BCUT2D eigenvalue weighted by molar-refractivity contribution is -0.118. The highest BCUT2D eigenvalue weighted by Crippen LogP contribution is 2.31. The molecule has 0 saturated carbocycles. The first kappa shape index (κ1) is 24.1. The average Bonchev–Trinajstić information content (AvgIpc) is 3.32. The first-order chi connectivity index (χ1) is 17.5. The number of methoxy groups -OCH3 is 1. The molecule has 1 aliphatic rings. The summed E-state index contributed by atoms with van der Waals surface area (Å²) < 4.78 is 7.52. The number of rotatable bonds is 7. The van der Waals surface area contributed by atoms with E-state index in [1.54, 1.807) is 7.11 Å². The highest BCUT2D eigenvalue weighted by atomic mass is 16.5. The lowest BCUT2D eigenvalue weighted by atomic mass is 9.89.